The first-order valence-corrected chi connectivity index (χ1v) is 17.1. The molecule has 0 radical (unpaired) electrons. The van der Waals surface area contributed by atoms with Crippen LogP contribution in [0.3, 0.4) is 0 Å². The molecule has 12 heteroatoms. The van der Waals surface area contributed by atoms with Crippen molar-refractivity contribution in [1.29, 1.82) is 0 Å². The van der Waals surface area contributed by atoms with E-state index in [1.165, 1.54) is 32.4 Å². The van der Waals surface area contributed by atoms with Gasteiger partial charge in [0.15, 0.2) is 0 Å². The van der Waals surface area contributed by atoms with E-state index in [1.807, 2.05) is 43.1 Å². The number of benzene rings is 1. The number of aromatic nitrogens is 3. The number of imidazole rings is 1. The second-order valence-corrected chi connectivity index (χ2v) is 14.4. The highest BCUT2D eigenvalue weighted by molar-refractivity contribution is 5.87. The lowest BCUT2D eigenvalue weighted by atomic mass is 9.89. The third kappa shape index (κ3) is 8.85. The summed E-state index contributed by atoms with van der Waals surface area (Å²) in [6.45, 7) is 13.3. The highest BCUT2D eigenvalue weighted by atomic mass is 16.6. The van der Waals surface area contributed by atoms with Gasteiger partial charge in [-0.25, -0.2) is 14.6 Å². The summed E-state index contributed by atoms with van der Waals surface area (Å²) in [6, 6.07) is 8.13. The van der Waals surface area contributed by atoms with Crippen molar-refractivity contribution >= 4 is 28.9 Å². The summed E-state index contributed by atoms with van der Waals surface area (Å²) >= 11 is 0. The molecule has 2 aliphatic heterocycles. The van der Waals surface area contributed by atoms with Gasteiger partial charge >= 0.3 is 12.1 Å². The SMILES string of the molecule is CC(C)(C)OC(=O)NCCNC(=O)C(C)(C)c1cnc([C@@H](Cc2c[nH]c3ccccc23)NC(=O)N2CCC(N3CCCCC3)CC2)[nH]1. The van der Waals surface area contributed by atoms with Crippen molar-refractivity contribution in [1.82, 2.24) is 40.7 Å². The van der Waals surface area contributed by atoms with Gasteiger partial charge in [-0.2, -0.15) is 0 Å². The summed E-state index contributed by atoms with van der Waals surface area (Å²) in [5.74, 6) is 0.377. The average Bonchev–Trinajstić information content (AvgIpc) is 3.71. The van der Waals surface area contributed by atoms with E-state index in [2.05, 4.69) is 36.9 Å². The number of hydrogen-bond acceptors (Lipinski definition) is 6. The number of hydrogen-bond donors (Lipinski definition) is 5. The zero-order valence-corrected chi connectivity index (χ0v) is 28.6. The van der Waals surface area contributed by atoms with Crippen LogP contribution in [-0.4, -0.2) is 93.7 Å². The van der Waals surface area contributed by atoms with Crippen LogP contribution in [0, 0.1) is 0 Å². The predicted molar refractivity (Wildman–Crippen MR) is 182 cm³/mol. The topological polar surface area (TPSA) is 147 Å². The summed E-state index contributed by atoms with van der Waals surface area (Å²) in [6.07, 6.45) is 9.49. The minimum absolute atomic E-state index is 0.0978. The van der Waals surface area contributed by atoms with Gasteiger partial charge in [0.05, 0.1) is 11.5 Å². The van der Waals surface area contributed by atoms with Crippen LogP contribution in [0.15, 0.2) is 36.7 Å². The number of aromatic amines is 2. The molecular formula is C35H52N8O4. The maximum atomic E-state index is 13.7. The fraction of sp³-hybridized carbons (Fsp3) is 0.600. The Hall–Kier alpha value is -4.06. The molecule has 1 aromatic carbocycles. The smallest absolute Gasteiger partial charge is 0.407 e. The van der Waals surface area contributed by atoms with Crippen molar-refractivity contribution in [2.75, 3.05) is 39.3 Å². The molecule has 4 amide bonds. The minimum atomic E-state index is -0.942. The Bertz CT molecular complexity index is 1510. The quantitative estimate of drug-likeness (QED) is 0.201. The molecule has 2 aromatic heterocycles. The lowest BCUT2D eigenvalue weighted by Crippen LogP contribution is -2.51. The zero-order chi connectivity index (χ0) is 33.6. The molecule has 1 atom stereocenters. The average molecular weight is 649 g/mol. The van der Waals surface area contributed by atoms with Crippen molar-refractivity contribution in [2.24, 2.45) is 0 Å². The molecule has 0 spiro atoms. The van der Waals surface area contributed by atoms with E-state index >= 15 is 0 Å². The molecule has 256 valence electrons. The van der Waals surface area contributed by atoms with Crippen LogP contribution in [0.4, 0.5) is 9.59 Å². The number of fused-ring (bicyclic) bond motifs is 1. The summed E-state index contributed by atoms with van der Waals surface area (Å²) < 4.78 is 5.25. The Morgan fingerprint density at radius 3 is 2.40 bits per heavy atom. The van der Waals surface area contributed by atoms with Gasteiger partial charge in [-0.1, -0.05) is 24.6 Å². The Morgan fingerprint density at radius 2 is 1.68 bits per heavy atom. The number of alkyl carbamates (subject to hydrolysis) is 1. The van der Waals surface area contributed by atoms with Gasteiger partial charge in [-0.3, -0.25) is 4.79 Å². The number of rotatable bonds is 10. The van der Waals surface area contributed by atoms with Crippen molar-refractivity contribution < 1.29 is 19.1 Å². The van der Waals surface area contributed by atoms with E-state index in [9.17, 15) is 14.4 Å². The van der Waals surface area contributed by atoms with Crippen LogP contribution < -0.4 is 16.0 Å². The van der Waals surface area contributed by atoms with E-state index in [1.54, 1.807) is 27.0 Å². The molecule has 5 rings (SSSR count). The fourth-order valence-corrected chi connectivity index (χ4v) is 6.52. The normalized spacial score (nSPS) is 17.3. The first kappa shape index (κ1) is 34.3. The molecule has 3 aromatic rings. The van der Waals surface area contributed by atoms with Crippen LogP contribution >= 0.6 is 0 Å². The van der Waals surface area contributed by atoms with E-state index in [-0.39, 0.29) is 25.0 Å². The molecule has 2 aliphatic rings. The predicted octanol–water partition coefficient (Wildman–Crippen LogP) is 4.75. The Kier molecular flexibility index (Phi) is 10.8. The number of ether oxygens (including phenoxy) is 1. The Labute approximate surface area is 277 Å². The first-order chi connectivity index (χ1) is 22.4. The molecule has 5 N–H and O–H groups in total. The van der Waals surface area contributed by atoms with Crippen LogP contribution in [0.5, 0.6) is 0 Å². The van der Waals surface area contributed by atoms with Crippen LogP contribution in [0.2, 0.25) is 0 Å². The standard InChI is InChI=1S/C35H52N8O4/c1-34(2,3)47-33(46)37-16-15-36-31(44)35(4,5)29-23-39-30(41-29)28(21-24-22-38-27-12-8-7-11-26(24)27)40-32(45)43-19-13-25(14-20-43)42-17-9-6-10-18-42/h7-8,11-12,22-23,25,28,38H,6,9-10,13-21H2,1-5H3,(H,36,44)(H,37,46)(H,39,41)(H,40,45)/t28-/m1/s1. The number of carbonyl (C=O) groups is 3. The molecule has 4 heterocycles. The largest absolute Gasteiger partial charge is 0.444 e. The van der Waals surface area contributed by atoms with Crippen molar-refractivity contribution in [2.45, 2.75) is 96.2 Å². The van der Waals surface area contributed by atoms with Gasteiger partial charge in [0.1, 0.15) is 11.4 Å². The van der Waals surface area contributed by atoms with Crippen LogP contribution in [-0.2, 0) is 21.4 Å². The molecule has 0 saturated carbocycles. The lowest BCUT2D eigenvalue weighted by molar-refractivity contribution is -0.125. The summed E-state index contributed by atoms with van der Waals surface area (Å²) in [5, 5.41) is 9.93. The Balaban J connectivity index is 1.24. The minimum Gasteiger partial charge on any atom is -0.444 e. The van der Waals surface area contributed by atoms with Crippen molar-refractivity contribution in [3.63, 3.8) is 0 Å². The summed E-state index contributed by atoms with van der Waals surface area (Å²) in [4.78, 5) is 54.8. The van der Waals surface area contributed by atoms with Gasteiger partial charge < -0.3 is 40.5 Å². The second-order valence-electron chi connectivity index (χ2n) is 14.4. The summed E-state index contributed by atoms with van der Waals surface area (Å²) in [7, 11) is 0. The number of H-pyrrole nitrogens is 2. The van der Waals surface area contributed by atoms with E-state index in [4.69, 9.17) is 9.72 Å². The Morgan fingerprint density at radius 1 is 0.979 bits per heavy atom. The van der Waals surface area contributed by atoms with Gasteiger partial charge in [0.2, 0.25) is 5.91 Å². The highest BCUT2D eigenvalue weighted by Gasteiger charge is 2.34. The maximum absolute atomic E-state index is 13.7. The second kappa shape index (κ2) is 14.8. The molecule has 2 saturated heterocycles. The highest BCUT2D eigenvalue weighted by Crippen LogP contribution is 2.28. The number of amides is 4. The van der Waals surface area contributed by atoms with Gasteiger partial charge in [0, 0.05) is 67.6 Å². The number of para-hydroxylation sites is 1. The number of likely N-dealkylation sites (tertiary alicyclic amines) is 2. The molecule has 0 unspecified atom stereocenters. The van der Waals surface area contributed by atoms with Crippen LogP contribution in [0.25, 0.3) is 10.9 Å². The van der Waals surface area contributed by atoms with E-state index < -0.39 is 23.2 Å². The number of piperidine rings is 2. The molecule has 12 nitrogen and oxygen atoms in total. The van der Waals surface area contributed by atoms with Gasteiger partial charge in [-0.05, 0) is 85.0 Å². The van der Waals surface area contributed by atoms with Crippen molar-refractivity contribution in [3.05, 3.63) is 53.7 Å². The fourth-order valence-electron chi connectivity index (χ4n) is 6.52. The number of carbonyl (C=O) groups excluding carboxylic acids is 3. The molecular weight excluding hydrogens is 596 g/mol. The molecule has 0 aliphatic carbocycles. The van der Waals surface area contributed by atoms with Gasteiger partial charge in [-0.15, -0.1) is 0 Å². The molecule has 47 heavy (non-hydrogen) atoms. The maximum Gasteiger partial charge on any atom is 0.407 e. The third-order valence-corrected chi connectivity index (χ3v) is 9.30. The monoisotopic (exact) mass is 648 g/mol. The van der Waals surface area contributed by atoms with Gasteiger partial charge in [0.25, 0.3) is 0 Å². The zero-order valence-electron chi connectivity index (χ0n) is 28.6. The van der Waals surface area contributed by atoms with Crippen molar-refractivity contribution in [3.8, 4) is 0 Å². The molecule has 0 bridgehead atoms. The third-order valence-electron chi connectivity index (χ3n) is 9.30. The summed E-state index contributed by atoms with van der Waals surface area (Å²) in [5.41, 5.74) is 1.20. The number of urea groups is 1. The first-order valence-electron chi connectivity index (χ1n) is 17.1. The van der Waals surface area contributed by atoms with E-state index in [0.717, 1.165) is 42.4 Å². The number of nitrogens with zero attached hydrogens (tertiary/aromatic N) is 3. The van der Waals surface area contributed by atoms with E-state index in [0.29, 0.717) is 24.0 Å². The lowest BCUT2D eigenvalue weighted by Gasteiger charge is -2.40. The van der Waals surface area contributed by atoms with Crippen LogP contribution in [0.1, 0.15) is 89.8 Å². The number of nitrogens with one attached hydrogen (secondary N) is 5. The molecule has 2 fully saturated rings.